The van der Waals surface area contributed by atoms with E-state index >= 15 is 0 Å². The summed E-state index contributed by atoms with van der Waals surface area (Å²) >= 11 is 7.89. The summed E-state index contributed by atoms with van der Waals surface area (Å²) in [5.41, 5.74) is 0. The van der Waals surface area contributed by atoms with E-state index in [1.807, 2.05) is 6.92 Å². The van der Waals surface area contributed by atoms with E-state index in [9.17, 15) is 9.59 Å². The molecule has 0 aromatic heterocycles. The number of carbonyl (C=O) groups excluding carboxylic acids is 2. The topological polar surface area (TPSA) is 43.4 Å². The van der Waals surface area contributed by atoms with Gasteiger partial charge in [0, 0.05) is 32.3 Å². The van der Waals surface area contributed by atoms with Crippen molar-refractivity contribution in [3.05, 3.63) is 0 Å². The highest BCUT2D eigenvalue weighted by molar-refractivity contribution is 8.13. The largest absolute Gasteiger partial charge is 0.487 e. The molecule has 27 heavy (non-hydrogen) atoms. The second-order valence-electron chi connectivity index (χ2n) is 7.65. The Balaban J connectivity index is 2.40. The summed E-state index contributed by atoms with van der Waals surface area (Å²) in [6, 6.07) is 0. The highest BCUT2D eigenvalue weighted by Crippen LogP contribution is 2.41. The zero-order valence-electron chi connectivity index (χ0n) is 17.2. The van der Waals surface area contributed by atoms with Crippen molar-refractivity contribution in [1.29, 1.82) is 0 Å². The Bertz CT molecular complexity index is 468. The number of rotatable bonds is 12. The van der Waals surface area contributed by atoms with Gasteiger partial charge in [0.25, 0.3) is 0 Å². The van der Waals surface area contributed by atoms with Crippen LogP contribution in [0.4, 0.5) is 0 Å². The summed E-state index contributed by atoms with van der Waals surface area (Å²) in [5.74, 6) is 4.26. The zero-order chi connectivity index (χ0) is 20.1. The molecule has 0 spiro atoms. The van der Waals surface area contributed by atoms with Crippen LogP contribution in [0, 0.1) is 17.8 Å². The number of carbonyl (C=O) groups is 2. The van der Waals surface area contributed by atoms with Gasteiger partial charge < -0.3 is 4.74 Å². The number of ether oxygens (including phenoxy) is 1. The SMILES string of the molecule is CC(=O)SCCCC1CCC(CCCOC(C)=S)C[C@@H]1CCCSC(C)=O. The molecule has 0 amide bonds. The molecule has 2 unspecified atom stereocenters. The highest BCUT2D eigenvalue weighted by Gasteiger charge is 2.29. The van der Waals surface area contributed by atoms with Gasteiger partial charge in [0.1, 0.15) is 0 Å². The van der Waals surface area contributed by atoms with Crippen LogP contribution in [0.5, 0.6) is 0 Å². The van der Waals surface area contributed by atoms with Crippen molar-refractivity contribution in [3.63, 3.8) is 0 Å². The van der Waals surface area contributed by atoms with Crippen molar-refractivity contribution in [2.24, 2.45) is 17.8 Å². The van der Waals surface area contributed by atoms with Gasteiger partial charge in [-0.05, 0) is 81.3 Å². The van der Waals surface area contributed by atoms with Crippen LogP contribution in [0.2, 0.25) is 0 Å². The van der Waals surface area contributed by atoms with E-state index in [-0.39, 0.29) is 10.2 Å². The minimum Gasteiger partial charge on any atom is -0.487 e. The first-order valence-electron chi connectivity index (χ1n) is 10.3. The first kappa shape index (κ1) is 25.0. The molecule has 156 valence electrons. The molecule has 1 rings (SSSR count). The average Bonchev–Trinajstić information content (AvgIpc) is 2.60. The molecule has 3 atom stereocenters. The molecule has 0 saturated heterocycles. The fourth-order valence-corrected chi connectivity index (χ4v) is 5.41. The molecule has 0 radical (unpaired) electrons. The van der Waals surface area contributed by atoms with Crippen LogP contribution in [0.1, 0.15) is 78.6 Å². The van der Waals surface area contributed by atoms with Crippen molar-refractivity contribution in [3.8, 4) is 0 Å². The first-order valence-corrected chi connectivity index (χ1v) is 12.7. The molecule has 0 aromatic rings. The van der Waals surface area contributed by atoms with Crippen molar-refractivity contribution < 1.29 is 14.3 Å². The Morgan fingerprint density at radius 1 is 0.889 bits per heavy atom. The third-order valence-corrected chi connectivity index (χ3v) is 7.28. The van der Waals surface area contributed by atoms with Crippen LogP contribution in [0.3, 0.4) is 0 Å². The van der Waals surface area contributed by atoms with Crippen LogP contribution in [-0.4, -0.2) is 33.4 Å². The first-order chi connectivity index (χ1) is 12.9. The highest BCUT2D eigenvalue weighted by atomic mass is 32.2. The monoisotopic (exact) mass is 432 g/mol. The lowest BCUT2D eigenvalue weighted by Crippen LogP contribution is -2.26. The van der Waals surface area contributed by atoms with Crippen LogP contribution >= 0.6 is 35.7 Å². The molecule has 1 fully saturated rings. The molecule has 3 nitrogen and oxygen atoms in total. The predicted molar refractivity (Wildman–Crippen MR) is 123 cm³/mol. The number of thiocarbonyl (C=S) groups is 1. The molecule has 1 saturated carbocycles. The van der Waals surface area contributed by atoms with E-state index in [0.29, 0.717) is 5.05 Å². The van der Waals surface area contributed by atoms with E-state index in [1.165, 1.54) is 62.0 Å². The van der Waals surface area contributed by atoms with Crippen LogP contribution < -0.4 is 0 Å². The quantitative estimate of drug-likeness (QED) is 0.267. The van der Waals surface area contributed by atoms with Crippen LogP contribution in [-0.2, 0) is 14.3 Å². The minimum absolute atomic E-state index is 0.225. The van der Waals surface area contributed by atoms with Crippen molar-refractivity contribution in [2.45, 2.75) is 78.6 Å². The number of hydrogen-bond acceptors (Lipinski definition) is 6. The van der Waals surface area contributed by atoms with E-state index in [0.717, 1.165) is 55.1 Å². The van der Waals surface area contributed by atoms with Crippen LogP contribution in [0.25, 0.3) is 0 Å². The summed E-state index contributed by atoms with van der Waals surface area (Å²) in [6.07, 6.45) is 11.0. The smallest absolute Gasteiger partial charge is 0.185 e. The predicted octanol–water partition coefficient (Wildman–Crippen LogP) is 6.28. The third kappa shape index (κ3) is 12.9. The van der Waals surface area contributed by atoms with E-state index in [4.69, 9.17) is 17.0 Å². The van der Waals surface area contributed by atoms with E-state index in [1.54, 1.807) is 13.8 Å². The van der Waals surface area contributed by atoms with Gasteiger partial charge in [0.15, 0.2) is 15.3 Å². The average molecular weight is 433 g/mol. The lowest BCUT2D eigenvalue weighted by atomic mass is 9.70. The van der Waals surface area contributed by atoms with Gasteiger partial charge >= 0.3 is 0 Å². The number of thioether (sulfide) groups is 2. The van der Waals surface area contributed by atoms with Crippen molar-refractivity contribution in [2.75, 3.05) is 18.1 Å². The molecule has 0 heterocycles. The summed E-state index contributed by atoms with van der Waals surface area (Å²) < 4.78 is 5.43. The summed E-state index contributed by atoms with van der Waals surface area (Å²) in [4.78, 5) is 22.3. The van der Waals surface area contributed by atoms with Gasteiger partial charge in [0.2, 0.25) is 0 Å². The van der Waals surface area contributed by atoms with Gasteiger partial charge in [0.05, 0.1) is 6.61 Å². The summed E-state index contributed by atoms with van der Waals surface area (Å²) in [6.45, 7) is 5.89. The second-order valence-corrected chi connectivity index (χ2v) is 10.8. The molecule has 0 bridgehead atoms. The maximum absolute atomic E-state index is 11.1. The molecule has 0 N–H and O–H groups in total. The van der Waals surface area contributed by atoms with Gasteiger partial charge in [-0.1, -0.05) is 29.9 Å². The fraction of sp³-hybridized carbons (Fsp3) is 0.857. The van der Waals surface area contributed by atoms with E-state index < -0.39 is 0 Å². The third-order valence-electron chi connectivity index (χ3n) is 5.36. The molecular weight excluding hydrogens is 396 g/mol. The Morgan fingerprint density at radius 2 is 1.48 bits per heavy atom. The Morgan fingerprint density at radius 3 is 2.04 bits per heavy atom. The maximum Gasteiger partial charge on any atom is 0.185 e. The fourth-order valence-electron chi connectivity index (χ4n) is 4.13. The zero-order valence-corrected chi connectivity index (χ0v) is 19.6. The molecule has 0 aliphatic heterocycles. The molecule has 1 aliphatic carbocycles. The number of hydrogen-bond donors (Lipinski definition) is 0. The van der Waals surface area contributed by atoms with E-state index in [2.05, 4.69) is 0 Å². The Hall–Kier alpha value is -0.0700. The van der Waals surface area contributed by atoms with Gasteiger partial charge in [-0.15, -0.1) is 0 Å². The molecular formula is C21H36O3S3. The van der Waals surface area contributed by atoms with Crippen LogP contribution in [0.15, 0.2) is 0 Å². The van der Waals surface area contributed by atoms with Crippen molar-refractivity contribution >= 4 is 51.0 Å². The molecule has 1 aliphatic rings. The standard InChI is InChI=1S/C21H36O3S3/c1-16(22)26-13-5-8-20-11-10-19(7-4-12-24-18(3)25)15-21(20)9-6-14-27-17(2)23/h19-21H,4-15H2,1-3H3/t19?,20?,21-/m0/s1. The summed E-state index contributed by atoms with van der Waals surface area (Å²) in [7, 11) is 0. The molecule has 6 heteroatoms. The Labute approximate surface area is 179 Å². The molecule has 0 aromatic carbocycles. The van der Waals surface area contributed by atoms with Gasteiger partial charge in [-0.2, -0.15) is 0 Å². The minimum atomic E-state index is 0.225. The second kappa shape index (κ2) is 14.9. The maximum atomic E-state index is 11.1. The lowest BCUT2D eigenvalue weighted by molar-refractivity contribution is -0.109. The summed E-state index contributed by atoms with van der Waals surface area (Å²) in [5, 5.41) is 1.09. The van der Waals surface area contributed by atoms with Crippen molar-refractivity contribution in [1.82, 2.24) is 0 Å². The normalized spacial score (nSPS) is 22.4. The lowest BCUT2D eigenvalue weighted by Gasteiger charge is -2.36. The Kier molecular flexibility index (Phi) is 13.7. The van der Waals surface area contributed by atoms with Gasteiger partial charge in [-0.3, -0.25) is 9.59 Å². The van der Waals surface area contributed by atoms with Gasteiger partial charge in [-0.25, -0.2) is 0 Å².